The minimum atomic E-state index is -0.220. The second-order valence-corrected chi connectivity index (χ2v) is 5.74. The van der Waals surface area contributed by atoms with Crippen LogP contribution >= 0.6 is 0 Å². The van der Waals surface area contributed by atoms with Gasteiger partial charge in [0.05, 0.1) is 11.4 Å². The van der Waals surface area contributed by atoms with E-state index in [2.05, 4.69) is 15.3 Å². The third-order valence-electron chi connectivity index (χ3n) is 4.32. The molecule has 1 fully saturated rings. The molecule has 1 aromatic heterocycles. The molecule has 0 aliphatic heterocycles. The molecule has 3 N–H and O–H groups in total. The average molecular weight is 284 g/mol. The SMILES string of the molecule is Cc1cccc2ncnc(N[C@@H]3CCCC[C@@H]3C(N)=O)c12. The maximum Gasteiger partial charge on any atom is 0.222 e. The summed E-state index contributed by atoms with van der Waals surface area (Å²) in [5.41, 5.74) is 7.58. The Kier molecular flexibility index (Phi) is 3.73. The summed E-state index contributed by atoms with van der Waals surface area (Å²) < 4.78 is 0. The Balaban J connectivity index is 1.95. The summed E-state index contributed by atoms with van der Waals surface area (Å²) in [7, 11) is 0. The summed E-state index contributed by atoms with van der Waals surface area (Å²) in [5.74, 6) is 0.464. The quantitative estimate of drug-likeness (QED) is 0.906. The van der Waals surface area contributed by atoms with E-state index in [0.717, 1.165) is 48.0 Å². The highest BCUT2D eigenvalue weighted by Crippen LogP contribution is 2.29. The number of carbonyl (C=O) groups is 1. The zero-order chi connectivity index (χ0) is 14.8. The van der Waals surface area contributed by atoms with Crippen LogP contribution in [0.25, 0.3) is 10.9 Å². The molecule has 1 saturated carbocycles. The molecule has 2 aromatic rings. The number of amides is 1. The van der Waals surface area contributed by atoms with Crippen LogP contribution in [0.1, 0.15) is 31.2 Å². The van der Waals surface area contributed by atoms with Gasteiger partial charge in [-0.05, 0) is 31.4 Å². The van der Waals surface area contributed by atoms with E-state index < -0.39 is 0 Å². The highest BCUT2D eigenvalue weighted by molar-refractivity contribution is 5.92. The molecule has 1 amide bonds. The van der Waals surface area contributed by atoms with E-state index >= 15 is 0 Å². The third kappa shape index (κ3) is 2.68. The van der Waals surface area contributed by atoms with Crippen LogP contribution in [-0.2, 0) is 4.79 Å². The standard InChI is InChI=1S/C16H20N4O/c1-10-5-4-8-13-14(10)16(19-9-18-13)20-12-7-3-2-6-11(12)15(17)21/h4-5,8-9,11-12H,2-3,6-7H2,1H3,(H2,17,21)(H,18,19,20)/t11-,12+/m0/s1. The van der Waals surface area contributed by atoms with E-state index in [-0.39, 0.29) is 17.9 Å². The van der Waals surface area contributed by atoms with Gasteiger partial charge in [-0.1, -0.05) is 25.0 Å². The van der Waals surface area contributed by atoms with Crippen molar-refractivity contribution in [3.8, 4) is 0 Å². The molecule has 3 rings (SSSR count). The number of rotatable bonds is 3. The number of anilines is 1. The molecule has 0 bridgehead atoms. The van der Waals surface area contributed by atoms with Crippen LogP contribution in [0.15, 0.2) is 24.5 Å². The van der Waals surface area contributed by atoms with Crippen molar-refractivity contribution in [1.82, 2.24) is 9.97 Å². The highest BCUT2D eigenvalue weighted by Gasteiger charge is 2.29. The summed E-state index contributed by atoms with van der Waals surface area (Å²) in [4.78, 5) is 20.3. The van der Waals surface area contributed by atoms with Gasteiger partial charge in [-0.2, -0.15) is 0 Å². The van der Waals surface area contributed by atoms with Gasteiger partial charge in [0, 0.05) is 11.4 Å². The minimum Gasteiger partial charge on any atom is -0.369 e. The van der Waals surface area contributed by atoms with Crippen LogP contribution in [0.2, 0.25) is 0 Å². The second kappa shape index (κ2) is 5.68. The molecular weight excluding hydrogens is 264 g/mol. The molecule has 1 aliphatic rings. The fourth-order valence-corrected chi connectivity index (χ4v) is 3.21. The van der Waals surface area contributed by atoms with Crippen molar-refractivity contribution >= 4 is 22.6 Å². The van der Waals surface area contributed by atoms with Gasteiger partial charge in [0.2, 0.25) is 5.91 Å². The van der Waals surface area contributed by atoms with Gasteiger partial charge in [-0.15, -0.1) is 0 Å². The van der Waals surface area contributed by atoms with Crippen molar-refractivity contribution in [3.63, 3.8) is 0 Å². The van der Waals surface area contributed by atoms with E-state index in [9.17, 15) is 4.79 Å². The Morgan fingerprint density at radius 2 is 2.10 bits per heavy atom. The molecule has 0 spiro atoms. The lowest BCUT2D eigenvalue weighted by molar-refractivity contribution is -0.122. The molecule has 1 aromatic carbocycles. The topological polar surface area (TPSA) is 80.9 Å². The number of fused-ring (bicyclic) bond motifs is 1. The number of primary amides is 1. The summed E-state index contributed by atoms with van der Waals surface area (Å²) in [6.07, 6.45) is 5.55. The first-order valence-electron chi connectivity index (χ1n) is 7.43. The summed E-state index contributed by atoms with van der Waals surface area (Å²) in [6.45, 7) is 2.04. The van der Waals surface area contributed by atoms with Crippen LogP contribution in [0, 0.1) is 12.8 Å². The molecule has 5 heteroatoms. The Morgan fingerprint density at radius 3 is 2.90 bits per heavy atom. The maximum atomic E-state index is 11.6. The molecule has 21 heavy (non-hydrogen) atoms. The van der Waals surface area contributed by atoms with Crippen molar-refractivity contribution in [2.45, 2.75) is 38.6 Å². The first kappa shape index (κ1) is 13.8. The van der Waals surface area contributed by atoms with Crippen LogP contribution in [0.3, 0.4) is 0 Å². The lowest BCUT2D eigenvalue weighted by Crippen LogP contribution is -2.40. The lowest BCUT2D eigenvalue weighted by Gasteiger charge is -2.30. The smallest absolute Gasteiger partial charge is 0.222 e. The van der Waals surface area contributed by atoms with Crippen molar-refractivity contribution in [3.05, 3.63) is 30.1 Å². The number of nitrogens with two attached hydrogens (primary N) is 1. The van der Waals surface area contributed by atoms with Crippen LogP contribution in [-0.4, -0.2) is 21.9 Å². The predicted octanol–water partition coefficient (Wildman–Crippen LogP) is 2.39. The van der Waals surface area contributed by atoms with Crippen LogP contribution in [0.4, 0.5) is 5.82 Å². The number of aromatic nitrogens is 2. The predicted molar refractivity (Wildman–Crippen MR) is 82.8 cm³/mol. The maximum absolute atomic E-state index is 11.6. The fourth-order valence-electron chi connectivity index (χ4n) is 3.21. The Hall–Kier alpha value is -2.17. The Morgan fingerprint density at radius 1 is 1.29 bits per heavy atom. The largest absolute Gasteiger partial charge is 0.369 e. The van der Waals surface area contributed by atoms with E-state index in [4.69, 9.17) is 5.73 Å². The molecular formula is C16H20N4O. The van der Waals surface area contributed by atoms with E-state index in [0.29, 0.717) is 0 Å². The van der Waals surface area contributed by atoms with Crippen LogP contribution < -0.4 is 11.1 Å². The van der Waals surface area contributed by atoms with Crippen molar-refractivity contribution < 1.29 is 4.79 Å². The van der Waals surface area contributed by atoms with Crippen molar-refractivity contribution in [2.24, 2.45) is 11.7 Å². The number of hydrogen-bond acceptors (Lipinski definition) is 4. The molecule has 110 valence electrons. The number of nitrogens with one attached hydrogen (secondary N) is 1. The third-order valence-corrected chi connectivity index (χ3v) is 4.32. The summed E-state index contributed by atoms with van der Waals surface area (Å²) in [6, 6.07) is 6.07. The van der Waals surface area contributed by atoms with Gasteiger partial charge in [0.1, 0.15) is 12.1 Å². The molecule has 1 aliphatic carbocycles. The van der Waals surface area contributed by atoms with E-state index in [1.54, 1.807) is 6.33 Å². The molecule has 2 atom stereocenters. The number of carbonyl (C=O) groups excluding carboxylic acids is 1. The number of benzene rings is 1. The lowest BCUT2D eigenvalue weighted by atomic mass is 9.84. The normalized spacial score (nSPS) is 22.1. The number of aryl methyl sites for hydroxylation is 1. The second-order valence-electron chi connectivity index (χ2n) is 5.74. The van der Waals surface area contributed by atoms with Crippen LogP contribution in [0.5, 0.6) is 0 Å². The average Bonchev–Trinajstić information content (AvgIpc) is 2.48. The Labute approximate surface area is 124 Å². The molecule has 0 radical (unpaired) electrons. The monoisotopic (exact) mass is 284 g/mol. The summed E-state index contributed by atoms with van der Waals surface area (Å²) in [5, 5.41) is 4.47. The number of hydrogen-bond donors (Lipinski definition) is 2. The van der Waals surface area contributed by atoms with E-state index in [1.165, 1.54) is 0 Å². The number of nitrogens with zero attached hydrogens (tertiary/aromatic N) is 2. The van der Waals surface area contributed by atoms with Gasteiger partial charge < -0.3 is 11.1 Å². The highest BCUT2D eigenvalue weighted by atomic mass is 16.1. The first-order chi connectivity index (χ1) is 10.2. The first-order valence-corrected chi connectivity index (χ1v) is 7.43. The van der Waals surface area contributed by atoms with Gasteiger partial charge in [0.25, 0.3) is 0 Å². The Bertz CT molecular complexity index is 665. The van der Waals surface area contributed by atoms with Crippen molar-refractivity contribution in [2.75, 3.05) is 5.32 Å². The zero-order valence-corrected chi connectivity index (χ0v) is 12.2. The molecule has 0 unspecified atom stereocenters. The summed E-state index contributed by atoms with van der Waals surface area (Å²) >= 11 is 0. The molecule has 1 heterocycles. The van der Waals surface area contributed by atoms with Crippen molar-refractivity contribution in [1.29, 1.82) is 0 Å². The zero-order valence-electron chi connectivity index (χ0n) is 12.2. The molecule has 5 nitrogen and oxygen atoms in total. The van der Waals surface area contributed by atoms with E-state index in [1.807, 2.05) is 25.1 Å². The minimum absolute atomic E-state index is 0.0638. The van der Waals surface area contributed by atoms with Gasteiger partial charge >= 0.3 is 0 Å². The fraction of sp³-hybridized carbons (Fsp3) is 0.438. The van der Waals surface area contributed by atoms with Gasteiger partial charge in [0.15, 0.2) is 0 Å². The van der Waals surface area contributed by atoms with Gasteiger partial charge in [-0.25, -0.2) is 9.97 Å². The molecule has 0 saturated heterocycles. The van der Waals surface area contributed by atoms with Gasteiger partial charge in [-0.3, -0.25) is 4.79 Å².